The Morgan fingerprint density at radius 2 is 1.67 bits per heavy atom. The minimum absolute atomic E-state index is 0.0472. The lowest BCUT2D eigenvalue weighted by atomic mass is 10.2. The van der Waals surface area contributed by atoms with Crippen LogP contribution < -0.4 is 19.1 Å². The molecular formula is C27H18N2O7S3. The molecule has 2 heterocycles. The van der Waals surface area contributed by atoms with Crippen LogP contribution in [0.5, 0.6) is 17.4 Å². The number of hydrogen-bond donors (Lipinski definition) is 0. The summed E-state index contributed by atoms with van der Waals surface area (Å²) >= 11 is 5.18. The molecule has 5 rings (SSSR count). The van der Waals surface area contributed by atoms with Crippen molar-refractivity contribution in [2.24, 2.45) is 0 Å². The summed E-state index contributed by atoms with van der Waals surface area (Å²) in [4.78, 5) is 26.6. The molecule has 0 N–H and O–H groups in total. The first kappa shape index (κ1) is 26.2. The Morgan fingerprint density at radius 1 is 0.923 bits per heavy atom. The number of esters is 2. The van der Waals surface area contributed by atoms with E-state index in [2.05, 4.69) is 9.79 Å². The second kappa shape index (κ2) is 12.0. The predicted molar refractivity (Wildman–Crippen MR) is 147 cm³/mol. The third-order valence-corrected chi connectivity index (χ3v) is 8.23. The van der Waals surface area contributed by atoms with Gasteiger partial charge in [-0.2, -0.15) is 0 Å². The lowest BCUT2D eigenvalue weighted by Gasteiger charge is -2.10. The van der Waals surface area contributed by atoms with E-state index in [1.807, 2.05) is 18.2 Å². The minimum Gasteiger partial charge on any atom is -0.454 e. The Balaban J connectivity index is 1.19. The summed E-state index contributed by atoms with van der Waals surface area (Å²) in [6, 6.07) is 24.0. The van der Waals surface area contributed by atoms with Crippen molar-refractivity contribution in [3.05, 3.63) is 99.5 Å². The molecule has 5 aromatic rings. The maximum absolute atomic E-state index is 12.8. The van der Waals surface area contributed by atoms with E-state index in [1.54, 1.807) is 64.9 Å². The molecule has 0 aliphatic heterocycles. The smallest absolute Gasteiger partial charge is 0.402 e. The standard InChI is InChI=1S/C27H18N2O7S3/c30-23(14-15-33-26-25(29(32)36-28-26)18-6-2-1-3-7-18)35-21-9-5-4-8-20(21)27(31)34-19-12-10-17(11-13-19)22-16-24(37)39-38-22/h1-13,16H,14-15H2. The van der Waals surface area contributed by atoms with Gasteiger partial charge in [-0.1, -0.05) is 75.4 Å². The molecule has 0 radical (unpaired) electrons. The van der Waals surface area contributed by atoms with E-state index in [4.69, 9.17) is 26.4 Å². The number of benzene rings is 3. The van der Waals surface area contributed by atoms with Crippen molar-refractivity contribution in [1.29, 1.82) is 0 Å². The number of carbonyl (C=O) groups is 2. The average Bonchev–Trinajstić information content (AvgIpc) is 3.55. The van der Waals surface area contributed by atoms with Crippen LogP contribution in [0.25, 0.3) is 21.7 Å². The number of hydrogen-bond acceptors (Lipinski definition) is 11. The topological polar surface area (TPSA) is 115 Å². The lowest BCUT2D eigenvalue weighted by Crippen LogP contribution is -2.25. The molecule has 0 fully saturated rings. The Kier molecular flexibility index (Phi) is 8.06. The normalized spacial score (nSPS) is 10.7. The van der Waals surface area contributed by atoms with Crippen LogP contribution in [0.3, 0.4) is 0 Å². The highest BCUT2D eigenvalue weighted by molar-refractivity contribution is 7.80. The molecule has 12 heteroatoms. The summed E-state index contributed by atoms with van der Waals surface area (Å²) in [5, 5.41) is 15.6. The molecule has 0 bridgehead atoms. The summed E-state index contributed by atoms with van der Waals surface area (Å²) in [5.41, 5.74) is 1.69. The first-order valence-electron chi connectivity index (χ1n) is 11.5. The van der Waals surface area contributed by atoms with Crippen LogP contribution in [0.1, 0.15) is 16.8 Å². The Hall–Kier alpha value is -4.39. The summed E-state index contributed by atoms with van der Waals surface area (Å²) in [7, 11) is 3.10. The summed E-state index contributed by atoms with van der Waals surface area (Å²) in [6.07, 6.45) is -0.180. The molecule has 0 aliphatic rings. The third-order valence-electron chi connectivity index (χ3n) is 5.32. The Labute approximate surface area is 234 Å². The number of nitrogens with zero attached hydrogens (tertiary/aromatic N) is 2. The largest absolute Gasteiger partial charge is 0.454 e. The zero-order valence-electron chi connectivity index (χ0n) is 20.0. The minimum atomic E-state index is -0.677. The van der Waals surface area contributed by atoms with Crippen molar-refractivity contribution in [2.75, 3.05) is 6.61 Å². The first-order valence-corrected chi connectivity index (χ1v) is 14.0. The van der Waals surface area contributed by atoms with Gasteiger partial charge in [-0.15, -0.1) is 0 Å². The molecule has 0 spiro atoms. The zero-order chi connectivity index (χ0) is 27.2. The monoisotopic (exact) mass is 578 g/mol. The fourth-order valence-corrected chi connectivity index (χ4v) is 5.91. The SMILES string of the molecule is O=C(CCOc1no[n+]([O-])c1-c1ccccc1)Oc1ccccc1C(=O)Oc1ccc(-c2cc(=S)ss2)cc1. The van der Waals surface area contributed by atoms with Gasteiger partial charge < -0.3 is 19.4 Å². The molecule has 0 amide bonds. The van der Waals surface area contributed by atoms with Crippen molar-refractivity contribution in [2.45, 2.75) is 6.42 Å². The first-order chi connectivity index (χ1) is 19.0. The Bertz CT molecular complexity index is 1660. The summed E-state index contributed by atoms with van der Waals surface area (Å²) < 4.78 is 21.8. The van der Waals surface area contributed by atoms with E-state index in [9.17, 15) is 14.8 Å². The quantitative estimate of drug-likeness (QED) is 0.0674. The van der Waals surface area contributed by atoms with Crippen LogP contribution in [0.15, 0.2) is 89.6 Å². The van der Waals surface area contributed by atoms with Crippen LogP contribution in [0.2, 0.25) is 0 Å². The lowest BCUT2D eigenvalue weighted by molar-refractivity contribution is -0.793. The molecule has 0 saturated carbocycles. The Morgan fingerprint density at radius 3 is 2.41 bits per heavy atom. The van der Waals surface area contributed by atoms with E-state index in [0.29, 0.717) is 11.3 Å². The molecule has 0 unspecified atom stereocenters. The molecule has 3 aromatic carbocycles. The average molecular weight is 579 g/mol. The van der Waals surface area contributed by atoms with E-state index >= 15 is 0 Å². The maximum atomic E-state index is 12.8. The molecule has 196 valence electrons. The van der Waals surface area contributed by atoms with E-state index in [-0.39, 0.29) is 40.8 Å². The maximum Gasteiger partial charge on any atom is 0.402 e. The van der Waals surface area contributed by atoms with Crippen LogP contribution in [0.4, 0.5) is 0 Å². The van der Waals surface area contributed by atoms with Gasteiger partial charge in [0, 0.05) is 10.4 Å². The third kappa shape index (κ3) is 6.37. The fraction of sp³-hybridized carbons (Fsp3) is 0.0741. The van der Waals surface area contributed by atoms with Crippen molar-refractivity contribution in [1.82, 2.24) is 5.16 Å². The van der Waals surface area contributed by atoms with Crippen molar-refractivity contribution in [3.8, 4) is 39.1 Å². The molecule has 2 aromatic heterocycles. The van der Waals surface area contributed by atoms with Gasteiger partial charge in [0.25, 0.3) is 5.69 Å². The number of carbonyl (C=O) groups excluding carboxylic acids is 2. The van der Waals surface area contributed by atoms with Crippen LogP contribution >= 0.6 is 32.9 Å². The van der Waals surface area contributed by atoms with Crippen LogP contribution in [-0.4, -0.2) is 23.7 Å². The van der Waals surface area contributed by atoms with Crippen molar-refractivity contribution < 1.29 is 33.3 Å². The molecule has 0 saturated heterocycles. The highest BCUT2D eigenvalue weighted by Gasteiger charge is 2.23. The van der Waals surface area contributed by atoms with Crippen molar-refractivity contribution >= 4 is 44.8 Å². The number of ether oxygens (including phenoxy) is 3. The zero-order valence-corrected chi connectivity index (χ0v) is 22.4. The number of aromatic nitrogens is 2. The highest BCUT2D eigenvalue weighted by atomic mass is 32.9. The second-order valence-electron chi connectivity index (χ2n) is 7.93. The highest BCUT2D eigenvalue weighted by Crippen LogP contribution is 2.31. The van der Waals surface area contributed by atoms with Crippen LogP contribution in [-0.2, 0) is 4.79 Å². The fourth-order valence-electron chi connectivity index (χ4n) is 3.51. The molecule has 0 aliphatic carbocycles. The molecular weight excluding hydrogens is 561 g/mol. The second-order valence-corrected chi connectivity index (χ2v) is 10.8. The van der Waals surface area contributed by atoms with Gasteiger partial charge in [-0.05, 0) is 52.9 Å². The van der Waals surface area contributed by atoms with E-state index in [0.717, 1.165) is 14.3 Å². The van der Waals surface area contributed by atoms with Gasteiger partial charge in [0.1, 0.15) is 27.5 Å². The molecule has 39 heavy (non-hydrogen) atoms. The van der Waals surface area contributed by atoms with Gasteiger partial charge in [-0.3, -0.25) is 9.42 Å². The molecule has 9 nitrogen and oxygen atoms in total. The summed E-state index contributed by atoms with van der Waals surface area (Å²) in [6.45, 7) is -0.137. The van der Waals surface area contributed by atoms with Gasteiger partial charge in [-0.25, -0.2) is 4.79 Å². The number of para-hydroxylation sites is 1. The number of rotatable bonds is 9. The van der Waals surface area contributed by atoms with Gasteiger partial charge in [0.15, 0.2) is 0 Å². The van der Waals surface area contributed by atoms with E-state index < -0.39 is 11.9 Å². The summed E-state index contributed by atoms with van der Waals surface area (Å²) in [5.74, 6) is -0.995. The van der Waals surface area contributed by atoms with Gasteiger partial charge in [0.2, 0.25) is 0 Å². The predicted octanol–water partition coefficient (Wildman–Crippen LogP) is 6.09. The van der Waals surface area contributed by atoms with Gasteiger partial charge >= 0.3 is 17.8 Å². The van der Waals surface area contributed by atoms with Gasteiger partial charge in [0.05, 0.1) is 11.6 Å². The molecule has 0 atom stereocenters. The van der Waals surface area contributed by atoms with E-state index in [1.165, 1.54) is 22.5 Å². The van der Waals surface area contributed by atoms with Crippen molar-refractivity contribution in [3.63, 3.8) is 0 Å². The van der Waals surface area contributed by atoms with Crippen LogP contribution in [0, 0.1) is 9.03 Å².